The topological polar surface area (TPSA) is 102 Å². The summed E-state index contributed by atoms with van der Waals surface area (Å²) >= 11 is 1.26. The average Bonchev–Trinajstić information content (AvgIpc) is 2.65. The van der Waals surface area contributed by atoms with Gasteiger partial charge in [-0.3, -0.25) is 4.99 Å². The summed E-state index contributed by atoms with van der Waals surface area (Å²) in [5.74, 6) is 0.159. The van der Waals surface area contributed by atoms with Crippen LogP contribution in [-0.4, -0.2) is 33.4 Å². The Morgan fingerprint density at radius 3 is 2.83 bits per heavy atom. The van der Waals surface area contributed by atoms with Gasteiger partial charge in [-0.05, 0) is 12.1 Å². The van der Waals surface area contributed by atoms with Crippen molar-refractivity contribution in [3.63, 3.8) is 0 Å². The number of hydrogen-bond acceptors (Lipinski definition) is 7. The number of rotatable bonds is 2. The molecular weight excluding hydrogens is 269 g/mol. The van der Waals surface area contributed by atoms with Gasteiger partial charge in [0.05, 0.1) is 0 Å². The molecule has 90 valence electrons. The molecule has 0 aliphatic carbocycles. The first kappa shape index (κ1) is 15.2. The van der Waals surface area contributed by atoms with Gasteiger partial charge >= 0.3 is 29.6 Å². The minimum Gasteiger partial charge on any atom is -0.524 e. The van der Waals surface area contributed by atoms with E-state index in [9.17, 15) is 15.0 Å². The molecule has 6 nitrogen and oxygen atoms in total. The van der Waals surface area contributed by atoms with Gasteiger partial charge in [0.2, 0.25) is 0 Å². The number of carbonyl (C=O) groups excluding carboxylic acids is 1. The second kappa shape index (κ2) is 6.33. The number of phenols is 2. The third-order valence-electron chi connectivity index (χ3n) is 2.07. The van der Waals surface area contributed by atoms with Crippen LogP contribution < -0.4 is 34.7 Å². The number of thioether (sulfide) groups is 1. The molecule has 0 fully saturated rings. The molecule has 1 atom stereocenters. The van der Waals surface area contributed by atoms with Crippen LogP contribution >= 0.6 is 11.8 Å². The Balaban J connectivity index is 0.00000162. The van der Waals surface area contributed by atoms with E-state index < -0.39 is 12.4 Å². The minimum absolute atomic E-state index is 0. The molecule has 0 aromatic heterocycles. The summed E-state index contributed by atoms with van der Waals surface area (Å²) in [4.78, 5) is 14.2. The zero-order chi connectivity index (χ0) is 12.4. The number of benzene rings is 1. The van der Waals surface area contributed by atoms with Crippen molar-refractivity contribution in [2.75, 3.05) is 5.75 Å². The molecule has 1 aromatic rings. The van der Waals surface area contributed by atoms with Crippen LogP contribution in [0.1, 0.15) is 5.56 Å². The molecule has 1 aliphatic heterocycles. The van der Waals surface area contributed by atoms with E-state index >= 15 is 0 Å². The molecule has 2 rings (SSSR count). The molecule has 2 N–H and O–H groups in total. The summed E-state index contributed by atoms with van der Waals surface area (Å²) in [6, 6.07) is 4.09. The molecule has 8 heteroatoms. The van der Waals surface area contributed by atoms with Gasteiger partial charge in [0.15, 0.2) is 0 Å². The van der Waals surface area contributed by atoms with Gasteiger partial charge in [0.25, 0.3) is 6.16 Å². The standard InChI is InChI=1S/C10H9NO5S.Na/c12-5-1-2-6(7(13)3-5)9-11-8(4-17-9)16-10(14)15;/h1-3,8,12-13H,4H2,(H,14,15);/q;+1/p-1. The molecule has 18 heavy (non-hydrogen) atoms. The molecule has 1 unspecified atom stereocenters. The summed E-state index contributed by atoms with van der Waals surface area (Å²) in [6.45, 7) is 0. The normalized spacial score (nSPS) is 17.8. The Morgan fingerprint density at radius 2 is 2.22 bits per heavy atom. The van der Waals surface area contributed by atoms with Crippen molar-refractivity contribution in [3.8, 4) is 11.5 Å². The van der Waals surface area contributed by atoms with Crippen molar-refractivity contribution >= 4 is 23.0 Å². The van der Waals surface area contributed by atoms with Crippen molar-refractivity contribution in [2.24, 2.45) is 4.99 Å². The second-order valence-electron chi connectivity index (χ2n) is 3.27. The molecule has 1 aliphatic rings. The molecule has 0 radical (unpaired) electrons. The molecule has 0 bridgehead atoms. The maximum Gasteiger partial charge on any atom is 1.00 e. The van der Waals surface area contributed by atoms with Crippen LogP contribution in [-0.2, 0) is 4.74 Å². The van der Waals surface area contributed by atoms with Gasteiger partial charge in [-0.2, -0.15) is 0 Å². The summed E-state index contributed by atoms with van der Waals surface area (Å²) < 4.78 is 4.39. The van der Waals surface area contributed by atoms with Gasteiger partial charge in [0.1, 0.15) is 22.8 Å². The Labute approximate surface area is 129 Å². The first-order chi connectivity index (χ1) is 8.06. The maximum absolute atomic E-state index is 10.2. The number of hydrogen-bond donors (Lipinski definition) is 2. The quantitative estimate of drug-likeness (QED) is 0.450. The third kappa shape index (κ3) is 3.55. The fourth-order valence-corrected chi connectivity index (χ4v) is 2.34. The number of phenolic OH excluding ortho intramolecular Hbond substituents is 2. The number of ether oxygens (including phenoxy) is 1. The first-order valence-corrected chi connectivity index (χ1v) is 5.65. The SMILES string of the molecule is O=C([O-])OC1CSC(c2ccc(O)cc2O)=N1.[Na+]. The minimum atomic E-state index is -1.63. The van der Waals surface area contributed by atoms with Gasteiger partial charge < -0.3 is 24.9 Å². The zero-order valence-electron chi connectivity index (χ0n) is 9.49. The molecule has 0 saturated heterocycles. The van der Waals surface area contributed by atoms with Crippen LogP contribution in [0.5, 0.6) is 11.5 Å². The monoisotopic (exact) mass is 277 g/mol. The Bertz CT molecular complexity index is 493. The largest absolute Gasteiger partial charge is 1.00 e. The zero-order valence-corrected chi connectivity index (χ0v) is 12.3. The predicted molar refractivity (Wildman–Crippen MR) is 59.0 cm³/mol. The van der Waals surface area contributed by atoms with E-state index in [2.05, 4.69) is 9.73 Å². The van der Waals surface area contributed by atoms with Crippen LogP contribution in [0, 0.1) is 0 Å². The summed E-state index contributed by atoms with van der Waals surface area (Å²) in [7, 11) is 0. The Hall–Kier alpha value is -0.890. The van der Waals surface area contributed by atoms with Gasteiger partial charge in [-0.25, -0.2) is 0 Å². The van der Waals surface area contributed by atoms with Crippen LogP contribution in [0.3, 0.4) is 0 Å². The summed E-state index contributed by atoms with van der Waals surface area (Å²) in [5.41, 5.74) is 0.428. The van der Waals surface area contributed by atoms with Gasteiger partial charge in [-0.15, -0.1) is 11.8 Å². The fourth-order valence-electron chi connectivity index (χ4n) is 1.38. The van der Waals surface area contributed by atoms with E-state index in [1.807, 2.05) is 0 Å². The maximum atomic E-state index is 10.2. The van der Waals surface area contributed by atoms with Crippen LogP contribution in [0.2, 0.25) is 0 Å². The molecular formula is C10H8NNaO5S. The Kier molecular flexibility index (Phi) is 5.33. The van der Waals surface area contributed by atoms with Crippen molar-refractivity contribution in [1.29, 1.82) is 0 Å². The smallest absolute Gasteiger partial charge is 0.524 e. The molecule has 0 amide bonds. The number of nitrogens with zero attached hydrogens (tertiary/aromatic N) is 1. The summed E-state index contributed by atoms with van der Waals surface area (Å²) in [5, 5.41) is 29.4. The van der Waals surface area contributed by atoms with E-state index in [4.69, 9.17) is 5.11 Å². The van der Waals surface area contributed by atoms with Gasteiger partial charge in [0, 0.05) is 17.4 Å². The van der Waals surface area contributed by atoms with E-state index in [1.165, 1.54) is 30.0 Å². The third-order valence-corrected chi connectivity index (χ3v) is 3.12. The van der Waals surface area contributed by atoms with E-state index in [0.29, 0.717) is 16.4 Å². The number of aromatic hydroxyl groups is 2. The van der Waals surface area contributed by atoms with E-state index in [1.54, 1.807) is 0 Å². The second-order valence-corrected chi connectivity index (χ2v) is 4.28. The van der Waals surface area contributed by atoms with E-state index in [0.717, 1.165) is 0 Å². The Morgan fingerprint density at radius 1 is 1.50 bits per heavy atom. The predicted octanol–water partition coefficient (Wildman–Crippen LogP) is -2.72. The first-order valence-electron chi connectivity index (χ1n) is 4.67. The van der Waals surface area contributed by atoms with Crippen LogP contribution in [0.4, 0.5) is 4.79 Å². The van der Waals surface area contributed by atoms with Gasteiger partial charge in [-0.1, -0.05) is 0 Å². The van der Waals surface area contributed by atoms with Crippen molar-refractivity contribution in [2.45, 2.75) is 6.23 Å². The molecule has 1 aromatic carbocycles. The van der Waals surface area contributed by atoms with Crippen molar-refractivity contribution in [3.05, 3.63) is 23.8 Å². The molecule has 0 saturated carbocycles. The summed E-state index contributed by atoms with van der Waals surface area (Å²) in [6.07, 6.45) is -2.44. The van der Waals surface area contributed by atoms with Crippen molar-refractivity contribution < 1.29 is 54.4 Å². The van der Waals surface area contributed by atoms with Crippen LogP contribution in [0.25, 0.3) is 0 Å². The van der Waals surface area contributed by atoms with Crippen molar-refractivity contribution in [1.82, 2.24) is 0 Å². The molecule has 1 heterocycles. The number of carbonyl (C=O) groups is 1. The average molecular weight is 277 g/mol. The molecule has 0 spiro atoms. The number of aliphatic imine (C=N–C) groups is 1. The number of carboxylic acid groups (broad SMARTS) is 1. The van der Waals surface area contributed by atoms with Crippen LogP contribution in [0.15, 0.2) is 23.2 Å². The fraction of sp³-hybridized carbons (Fsp3) is 0.200. The van der Waals surface area contributed by atoms with E-state index in [-0.39, 0.29) is 41.1 Å².